The number of rotatable bonds is 23. The van der Waals surface area contributed by atoms with Crippen molar-refractivity contribution in [3.8, 4) is 0 Å². The van der Waals surface area contributed by atoms with E-state index in [2.05, 4.69) is 76.2 Å². The van der Waals surface area contributed by atoms with E-state index in [9.17, 15) is 5.11 Å². The summed E-state index contributed by atoms with van der Waals surface area (Å²) in [7, 11) is 0. The average Bonchev–Trinajstić information content (AvgIpc) is 3.03. The molecule has 43 heavy (non-hydrogen) atoms. The van der Waals surface area contributed by atoms with Gasteiger partial charge in [-0.1, -0.05) is 140 Å². The zero-order valence-corrected chi connectivity index (χ0v) is 29.1. The highest BCUT2D eigenvalue weighted by atomic mass is 16.3. The van der Waals surface area contributed by atoms with Crippen LogP contribution < -0.4 is 11.5 Å². The topological polar surface area (TPSA) is 72.3 Å². The van der Waals surface area contributed by atoms with Crippen LogP contribution in [-0.2, 0) is 25.7 Å². The monoisotopic (exact) mass is 595 g/mol. The Morgan fingerprint density at radius 2 is 0.837 bits per heavy atom. The number of aliphatic hydroxyl groups is 1. The van der Waals surface area contributed by atoms with E-state index in [0.717, 1.165) is 38.5 Å². The summed E-state index contributed by atoms with van der Waals surface area (Å²) in [6, 6.07) is 18.1. The first-order chi connectivity index (χ1) is 20.7. The van der Waals surface area contributed by atoms with Gasteiger partial charge in [0.05, 0.1) is 6.61 Å². The number of aryl methyl sites for hydroxylation is 4. The zero-order valence-electron chi connectivity index (χ0n) is 29.1. The highest BCUT2D eigenvalue weighted by molar-refractivity contribution is 5.24. The van der Waals surface area contributed by atoms with Gasteiger partial charge in [0.1, 0.15) is 0 Å². The van der Waals surface area contributed by atoms with Crippen LogP contribution in [0.3, 0.4) is 0 Å². The molecule has 2 aromatic carbocycles. The van der Waals surface area contributed by atoms with Crippen LogP contribution >= 0.6 is 0 Å². The van der Waals surface area contributed by atoms with Gasteiger partial charge in [0.15, 0.2) is 0 Å². The van der Waals surface area contributed by atoms with Crippen LogP contribution in [0.4, 0.5) is 0 Å². The summed E-state index contributed by atoms with van der Waals surface area (Å²) in [5.41, 5.74) is 17.6. The third-order valence-electron chi connectivity index (χ3n) is 9.41. The van der Waals surface area contributed by atoms with E-state index in [4.69, 9.17) is 11.5 Å². The molecule has 5 N–H and O–H groups in total. The molecule has 0 spiro atoms. The minimum Gasteiger partial charge on any atom is -0.394 e. The van der Waals surface area contributed by atoms with Crippen molar-refractivity contribution < 1.29 is 5.11 Å². The molecule has 2 aromatic rings. The molecule has 0 bridgehead atoms. The molecule has 0 aromatic heterocycles. The molecule has 3 heteroatoms. The molecule has 0 aliphatic rings. The van der Waals surface area contributed by atoms with E-state index < -0.39 is 5.54 Å². The van der Waals surface area contributed by atoms with Crippen LogP contribution in [0, 0.1) is 0 Å². The van der Waals surface area contributed by atoms with E-state index in [-0.39, 0.29) is 12.1 Å². The number of unbranched alkanes of at least 4 members (excludes halogenated alkanes) is 10. The minimum absolute atomic E-state index is 0.0167. The van der Waals surface area contributed by atoms with Gasteiger partial charge in [-0.3, -0.25) is 0 Å². The van der Waals surface area contributed by atoms with Gasteiger partial charge in [-0.25, -0.2) is 0 Å². The van der Waals surface area contributed by atoms with E-state index >= 15 is 0 Å². The normalized spacial score (nSPS) is 14.0. The molecule has 0 fully saturated rings. The van der Waals surface area contributed by atoms with Crippen LogP contribution in [-0.4, -0.2) is 22.8 Å². The van der Waals surface area contributed by atoms with Crippen molar-refractivity contribution in [3.63, 3.8) is 0 Å². The first-order valence-electron chi connectivity index (χ1n) is 18.0. The average molecular weight is 595 g/mol. The molecule has 246 valence electrons. The first-order valence-corrected chi connectivity index (χ1v) is 18.0. The van der Waals surface area contributed by atoms with Crippen molar-refractivity contribution >= 4 is 0 Å². The second-order valence-electron chi connectivity index (χ2n) is 13.6. The van der Waals surface area contributed by atoms with Gasteiger partial charge in [0.2, 0.25) is 0 Å². The Balaban J connectivity index is 0.000000430. The number of benzene rings is 2. The summed E-state index contributed by atoms with van der Waals surface area (Å²) in [4.78, 5) is 0. The lowest BCUT2D eigenvalue weighted by Gasteiger charge is -2.25. The van der Waals surface area contributed by atoms with E-state index in [1.807, 2.05) is 6.92 Å². The zero-order chi connectivity index (χ0) is 31.8. The van der Waals surface area contributed by atoms with E-state index in [1.54, 1.807) is 0 Å². The molecular formula is C40H70N2O. The lowest BCUT2D eigenvalue weighted by Crippen LogP contribution is -2.43. The van der Waals surface area contributed by atoms with Gasteiger partial charge in [0, 0.05) is 11.1 Å². The number of hydrogen-bond donors (Lipinski definition) is 3. The third-order valence-corrected chi connectivity index (χ3v) is 9.41. The van der Waals surface area contributed by atoms with Crippen molar-refractivity contribution in [2.24, 2.45) is 11.5 Å². The van der Waals surface area contributed by atoms with Crippen molar-refractivity contribution in [2.45, 2.75) is 174 Å². The largest absolute Gasteiger partial charge is 0.394 e. The summed E-state index contributed by atoms with van der Waals surface area (Å²) in [6.07, 6.45) is 24.6. The van der Waals surface area contributed by atoms with Gasteiger partial charge < -0.3 is 16.6 Å². The second kappa shape index (κ2) is 23.7. The molecule has 0 aliphatic carbocycles. The summed E-state index contributed by atoms with van der Waals surface area (Å²) in [6.45, 7) is 11.0. The molecule has 2 atom stereocenters. The maximum absolute atomic E-state index is 9.36. The Bertz CT molecular complexity index is 899. The van der Waals surface area contributed by atoms with Crippen molar-refractivity contribution in [1.82, 2.24) is 0 Å². The summed E-state index contributed by atoms with van der Waals surface area (Å²) < 4.78 is 0. The molecule has 0 saturated heterocycles. The molecule has 0 amide bonds. The Morgan fingerprint density at radius 3 is 1.19 bits per heavy atom. The quantitative estimate of drug-likeness (QED) is 0.112. The fraction of sp³-hybridized carbons (Fsp3) is 0.700. The molecular weight excluding hydrogens is 524 g/mol. The van der Waals surface area contributed by atoms with Crippen LogP contribution in [0.15, 0.2) is 48.5 Å². The Hall–Kier alpha value is -1.68. The Labute approximate surface area is 267 Å². The predicted octanol–water partition coefficient (Wildman–Crippen LogP) is 10.3. The molecule has 0 aliphatic heterocycles. The SMILES string of the molecule is CCCCCCCCc1ccc(CCC(N)(CC)CO)cc1.CCCCCCCCc1ccc(CC[C@](C)(N)CC)cc1. The number of aliphatic hydroxyl groups excluding tert-OH is 1. The lowest BCUT2D eigenvalue weighted by molar-refractivity contribution is 0.183. The van der Waals surface area contributed by atoms with Gasteiger partial charge in [-0.15, -0.1) is 0 Å². The highest BCUT2D eigenvalue weighted by Crippen LogP contribution is 2.18. The molecule has 3 nitrogen and oxygen atoms in total. The molecule has 2 rings (SSSR count). The number of nitrogens with two attached hydrogens (primary N) is 2. The van der Waals surface area contributed by atoms with Crippen LogP contribution in [0.1, 0.15) is 160 Å². The van der Waals surface area contributed by atoms with Gasteiger partial charge in [-0.2, -0.15) is 0 Å². The fourth-order valence-corrected chi connectivity index (χ4v) is 5.33. The highest BCUT2D eigenvalue weighted by Gasteiger charge is 2.21. The minimum atomic E-state index is -0.419. The van der Waals surface area contributed by atoms with E-state index in [0.29, 0.717) is 0 Å². The summed E-state index contributed by atoms with van der Waals surface area (Å²) in [5.74, 6) is 0. The maximum Gasteiger partial charge on any atom is 0.0611 e. The summed E-state index contributed by atoms with van der Waals surface area (Å²) >= 11 is 0. The first kappa shape index (κ1) is 39.3. The van der Waals surface area contributed by atoms with Crippen LogP contribution in [0.5, 0.6) is 0 Å². The molecule has 0 saturated carbocycles. The van der Waals surface area contributed by atoms with Gasteiger partial charge >= 0.3 is 0 Å². The number of hydrogen-bond acceptors (Lipinski definition) is 3. The van der Waals surface area contributed by atoms with Crippen LogP contribution in [0.2, 0.25) is 0 Å². The second-order valence-corrected chi connectivity index (χ2v) is 13.6. The smallest absolute Gasteiger partial charge is 0.0611 e. The maximum atomic E-state index is 9.36. The summed E-state index contributed by atoms with van der Waals surface area (Å²) in [5, 5.41) is 9.36. The fourth-order valence-electron chi connectivity index (χ4n) is 5.33. The third kappa shape index (κ3) is 19.3. The van der Waals surface area contributed by atoms with Crippen molar-refractivity contribution in [1.29, 1.82) is 0 Å². The van der Waals surface area contributed by atoms with Crippen molar-refractivity contribution in [2.75, 3.05) is 6.61 Å². The van der Waals surface area contributed by atoms with Crippen LogP contribution in [0.25, 0.3) is 0 Å². The van der Waals surface area contributed by atoms with Gasteiger partial charge in [0.25, 0.3) is 0 Å². The standard InChI is InChI=1S/C20H35NO.C20H35N/c1-3-5-6-7-8-9-10-18-11-13-19(14-12-18)15-16-20(21,4-2)17-22;1-4-6-7-8-9-10-11-18-12-14-19(15-13-18)16-17-20(3,21)5-2/h11-14,22H,3-10,15-17,21H2,1-2H3;12-15H,4-11,16-17,21H2,1-3H3/t;20-/m.1/s1. The molecule has 1 unspecified atom stereocenters. The Morgan fingerprint density at radius 1 is 0.488 bits per heavy atom. The lowest BCUT2D eigenvalue weighted by atomic mass is 9.90. The molecule has 0 radical (unpaired) electrons. The van der Waals surface area contributed by atoms with Crippen molar-refractivity contribution in [3.05, 3.63) is 70.8 Å². The molecule has 0 heterocycles. The van der Waals surface area contributed by atoms with Gasteiger partial charge in [-0.05, 0) is 93.4 Å². The predicted molar refractivity (Wildman–Crippen MR) is 191 cm³/mol. The van der Waals surface area contributed by atoms with E-state index in [1.165, 1.54) is 112 Å². The Kier molecular flexibility index (Phi) is 21.7.